The van der Waals surface area contributed by atoms with Gasteiger partial charge in [-0.05, 0) is 87.9 Å². The summed E-state index contributed by atoms with van der Waals surface area (Å²) in [4.78, 5) is 26.1. The van der Waals surface area contributed by atoms with Crippen molar-refractivity contribution >= 4 is 11.9 Å². The summed E-state index contributed by atoms with van der Waals surface area (Å²) in [6.07, 6.45) is 6.16. The Hall–Kier alpha value is -1.06. The molecule has 4 saturated carbocycles. The molecule has 27 heavy (non-hydrogen) atoms. The fraction of sp³-hybridized carbons (Fsp3) is 0.913. The summed E-state index contributed by atoms with van der Waals surface area (Å²) in [5, 5.41) is 0. The minimum absolute atomic E-state index is 0.139. The highest BCUT2D eigenvalue weighted by molar-refractivity contribution is 5.84. The number of fused-ring (bicyclic) bond motifs is 4. The molecule has 4 heteroatoms. The van der Waals surface area contributed by atoms with Gasteiger partial charge in [0.25, 0.3) is 0 Å². The Morgan fingerprint density at radius 3 is 2.04 bits per heavy atom. The predicted octanol–water partition coefficient (Wildman–Crippen LogP) is 4.46. The molecule has 0 aliphatic heterocycles. The van der Waals surface area contributed by atoms with Crippen LogP contribution in [0.5, 0.6) is 0 Å². The lowest BCUT2D eigenvalue weighted by Crippen LogP contribution is -2.44. The Labute approximate surface area is 163 Å². The highest BCUT2D eigenvalue weighted by Gasteiger charge is 2.61. The van der Waals surface area contributed by atoms with Crippen molar-refractivity contribution in [2.45, 2.75) is 72.3 Å². The molecule has 0 aromatic heterocycles. The van der Waals surface area contributed by atoms with E-state index in [9.17, 15) is 9.59 Å². The van der Waals surface area contributed by atoms with Crippen LogP contribution in [-0.2, 0) is 19.1 Å². The lowest BCUT2D eigenvalue weighted by Gasteiger charge is -2.37. The minimum atomic E-state index is -0.523. The summed E-state index contributed by atoms with van der Waals surface area (Å²) in [6, 6.07) is 0. The number of hydrogen-bond donors (Lipinski definition) is 0. The third-order valence-corrected chi connectivity index (χ3v) is 8.31. The highest BCUT2D eigenvalue weighted by atomic mass is 16.6. The van der Waals surface area contributed by atoms with Gasteiger partial charge in [-0.1, -0.05) is 20.3 Å². The van der Waals surface area contributed by atoms with Crippen LogP contribution >= 0.6 is 0 Å². The first-order valence-electron chi connectivity index (χ1n) is 11.0. The summed E-state index contributed by atoms with van der Waals surface area (Å²) in [7, 11) is 0. The zero-order valence-electron chi connectivity index (χ0n) is 17.6. The zero-order chi connectivity index (χ0) is 19.5. The fourth-order valence-electron chi connectivity index (χ4n) is 6.88. The van der Waals surface area contributed by atoms with Crippen LogP contribution in [0.2, 0.25) is 0 Å². The van der Waals surface area contributed by atoms with Crippen LogP contribution < -0.4 is 0 Å². The smallest absolute Gasteiger partial charge is 0.310 e. The van der Waals surface area contributed by atoms with Crippen molar-refractivity contribution < 1.29 is 19.1 Å². The third-order valence-electron chi connectivity index (χ3n) is 8.31. The first kappa shape index (κ1) is 19.3. The largest absolute Gasteiger partial charge is 0.465 e. The van der Waals surface area contributed by atoms with Crippen LogP contribution in [0.4, 0.5) is 0 Å². The van der Waals surface area contributed by atoms with E-state index in [0.29, 0.717) is 24.4 Å². The molecule has 0 heterocycles. The Morgan fingerprint density at radius 1 is 0.889 bits per heavy atom. The average Bonchev–Trinajstić information content (AvgIpc) is 3.32. The molecule has 0 aromatic carbocycles. The summed E-state index contributed by atoms with van der Waals surface area (Å²) >= 11 is 0. The van der Waals surface area contributed by atoms with E-state index in [2.05, 4.69) is 13.8 Å². The average molecular weight is 377 g/mol. The highest BCUT2D eigenvalue weighted by Crippen LogP contribution is 2.59. The fourth-order valence-corrected chi connectivity index (χ4v) is 6.88. The van der Waals surface area contributed by atoms with Crippen molar-refractivity contribution in [3.63, 3.8) is 0 Å². The molecule has 4 fully saturated rings. The topological polar surface area (TPSA) is 52.6 Å². The van der Waals surface area contributed by atoms with Crippen LogP contribution in [0.1, 0.15) is 66.7 Å². The van der Waals surface area contributed by atoms with Crippen LogP contribution in [0.15, 0.2) is 0 Å². The molecule has 0 N–H and O–H groups in total. The van der Waals surface area contributed by atoms with Crippen molar-refractivity contribution in [3.05, 3.63) is 0 Å². The standard InChI is InChI=1S/C23H36O4/c1-12-13(2)18-10-17(12)19(20(18)22(25)27-23(3,4)5)21(24)26-11-16-9-14-6-7-15(16)8-14/h12-20H,6-11H2,1-5H3. The van der Waals surface area contributed by atoms with E-state index in [1.54, 1.807) is 0 Å². The molecule has 4 aliphatic carbocycles. The predicted molar refractivity (Wildman–Crippen MR) is 103 cm³/mol. The zero-order valence-corrected chi connectivity index (χ0v) is 17.6. The normalized spacial score (nSPS) is 45.3. The second-order valence-corrected chi connectivity index (χ2v) is 10.9. The maximum atomic E-state index is 13.1. The monoisotopic (exact) mass is 376 g/mol. The Balaban J connectivity index is 1.45. The van der Waals surface area contributed by atoms with E-state index in [4.69, 9.17) is 9.47 Å². The van der Waals surface area contributed by atoms with Crippen molar-refractivity contribution in [2.24, 2.45) is 53.3 Å². The maximum absolute atomic E-state index is 13.1. The molecule has 152 valence electrons. The number of ether oxygens (including phenoxy) is 2. The summed E-state index contributed by atoms with van der Waals surface area (Å²) < 4.78 is 11.6. The Morgan fingerprint density at radius 2 is 1.52 bits per heavy atom. The number of hydrogen-bond acceptors (Lipinski definition) is 4. The van der Waals surface area contributed by atoms with Gasteiger partial charge in [-0.2, -0.15) is 0 Å². The molecule has 0 aromatic rings. The molecule has 4 aliphatic rings. The molecule has 4 nitrogen and oxygen atoms in total. The third kappa shape index (κ3) is 3.42. The van der Waals surface area contributed by atoms with Crippen LogP contribution in [0.3, 0.4) is 0 Å². The molecule has 0 radical (unpaired) electrons. The number of carbonyl (C=O) groups excluding carboxylic acids is 2. The quantitative estimate of drug-likeness (QED) is 0.680. The van der Waals surface area contributed by atoms with Gasteiger partial charge in [-0.15, -0.1) is 0 Å². The number of rotatable bonds is 4. The molecule has 9 atom stereocenters. The SMILES string of the molecule is CC1C(C)C2CC1C(C(=O)OCC1CC3CCC1C3)C2C(=O)OC(C)(C)C. The molecule has 4 bridgehead atoms. The van der Waals surface area contributed by atoms with Crippen LogP contribution in [0.25, 0.3) is 0 Å². The molecule has 0 saturated heterocycles. The van der Waals surface area contributed by atoms with Gasteiger partial charge in [0.2, 0.25) is 0 Å². The van der Waals surface area contributed by atoms with Gasteiger partial charge >= 0.3 is 11.9 Å². The van der Waals surface area contributed by atoms with Crippen molar-refractivity contribution in [1.29, 1.82) is 0 Å². The molecule has 0 amide bonds. The van der Waals surface area contributed by atoms with E-state index < -0.39 is 5.60 Å². The Kier molecular flexibility index (Phi) is 4.83. The van der Waals surface area contributed by atoms with Gasteiger partial charge in [-0.3, -0.25) is 9.59 Å². The number of esters is 2. The van der Waals surface area contributed by atoms with E-state index in [-0.39, 0.29) is 35.6 Å². The molecule has 4 rings (SSSR count). The molecular formula is C23H36O4. The molecule has 0 spiro atoms. The number of carbonyl (C=O) groups is 2. The van der Waals surface area contributed by atoms with E-state index in [1.807, 2.05) is 20.8 Å². The first-order chi connectivity index (χ1) is 12.7. The lowest BCUT2D eigenvalue weighted by atomic mass is 9.69. The molecule has 9 unspecified atom stereocenters. The van der Waals surface area contributed by atoms with Gasteiger partial charge in [0, 0.05) is 0 Å². The van der Waals surface area contributed by atoms with Crippen molar-refractivity contribution in [2.75, 3.05) is 6.61 Å². The van der Waals surface area contributed by atoms with Crippen LogP contribution in [0, 0.1) is 53.3 Å². The Bertz CT molecular complexity index is 606. The van der Waals surface area contributed by atoms with Gasteiger partial charge in [0.05, 0.1) is 18.4 Å². The second-order valence-electron chi connectivity index (χ2n) is 10.9. The minimum Gasteiger partial charge on any atom is -0.465 e. The van der Waals surface area contributed by atoms with Crippen molar-refractivity contribution in [1.82, 2.24) is 0 Å². The van der Waals surface area contributed by atoms with Crippen molar-refractivity contribution in [3.8, 4) is 0 Å². The van der Waals surface area contributed by atoms with E-state index in [1.165, 1.54) is 25.7 Å². The summed E-state index contributed by atoms with van der Waals surface area (Å²) in [5.41, 5.74) is -0.523. The second kappa shape index (κ2) is 6.77. The van der Waals surface area contributed by atoms with Gasteiger partial charge in [-0.25, -0.2) is 0 Å². The maximum Gasteiger partial charge on any atom is 0.310 e. The van der Waals surface area contributed by atoms with Gasteiger partial charge in [0.1, 0.15) is 5.60 Å². The van der Waals surface area contributed by atoms with Gasteiger partial charge < -0.3 is 9.47 Å². The molecular weight excluding hydrogens is 340 g/mol. The summed E-state index contributed by atoms with van der Waals surface area (Å²) in [5.74, 6) is 2.62. The van der Waals surface area contributed by atoms with E-state index in [0.717, 1.165) is 18.3 Å². The first-order valence-corrected chi connectivity index (χ1v) is 11.0. The van der Waals surface area contributed by atoms with Crippen LogP contribution in [-0.4, -0.2) is 24.1 Å². The van der Waals surface area contributed by atoms with Gasteiger partial charge in [0.15, 0.2) is 0 Å². The lowest BCUT2D eigenvalue weighted by molar-refractivity contribution is -0.173. The van der Waals surface area contributed by atoms with E-state index >= 15 is 0 Å². The summed E-state index contributed by atoms with van der Waals surface area (Å²) in [6.45, 7) is 10.7.